The summed E-state index contributed by atoms with van der Waals surface area (Å²) in [7, 11) is 1.81. The topological polar surface area (TPSA) is 46.1 Å². The molecule has 2 aromatic heterocycles. The maximum Gasteiger partial charge on any atom is 0.233 e. The highest BCUT2D eigenvalue weighted by Gasteiger charge is 2.13. The van der Waals surface area contributed by atoms with Crippen LogP contribution in [-0.2, 0) is 11.3 Å². The molecule has 4 nitrogen and oxygen atoms in total. The van der Waals surface area contributed by atoms with Gasteiger partial charge in [-0.1, -0.05) is 41.6 Å². The maximum atomic E-state index is 12.4. The second kappa shape index (κ2) is 7.51. The van der Waals surface area contributed by atoms with Crippen LogP contribution in [0.2, 0.25) is 4.34 Å². The summed E-state index contributed by atoms with van der Waals surface area (Å²) in [5.41, 5.74) is 0.904. The number of para-hydroxylation sites is 1. The van der Waals surface area contributed by atoms with Crippen molar-refractivity contribution in [2.75, 3.05) is 12.8 Å². The van der Waals surface area contributed by atoms with Crippen LogP contribution in [0.5, 0.6) is 0 Å². The lowest BCUT2D eigenvalue weighted by Gasteiger charge is -2.16. The van der Waals surface area contributed by atoms with Gasteiger partial charge in [0.1, 0.15) is 10.9 Å². The fourth-order valence-corrected chi connectivity index (χ4v) is 4.41. The van der Waals surface area contributed by atoms with Gasteiger partial charge < -0.3 is 4.90 Å². The first-order valence-electron chi connectivity index (χ1n) is 7.37. The number of aromatic nitrogens is 2. The molecule has 124 valence electrons. The van der Waals surface area contributed by atoms with Gasteiger partial charge in [-0.2, -0.15) is 0 Å². The summed E-state index contributed by atoms with van der Waals surface area (Å²) in [5.74, 6) is 1.12. The lowest BCUT2D eigenvalue weighted by Crippen LogP contribution is -2.27. The minimum absolute atomic E-state index is 0.0601. The number of thiophene rings is 1. The maximum absolute atomic E-state index is 12.4. The largest absolute Gasteiger partial charge is 0.340 e. The van der Waals surface area contributed by atoms with Crippen LogP contribution in [-0.4, -0.2) is 33.6 Å². The Kier molecular flexibility index (Phi) is 5.38. The Morgan fingerprint density at radius 2 is 2.04 bits per heavy atom. The number of nitrogens with zero attached hydrogens (tertiary/aromatic N) is 3. The van der Waals surface area contributed by atoms with E-state index >= 15 is 0 Å². The molecule has 0 aliphatic rings. The zero-order valence-corrected chi connectivity index (χ0v) is 15.7. The third-order valence-corrected chi connectivity index (χ3v) is 5.65. The highest BCUT2D eigenvalue weighted by molar-refractivity contribution is 8.00. The van der Waals surface area contributed by atoms with Crippen molar-refractivity contribution < 1.29 is 4.79 Å². The Balaban J connectivity index is 1.68. The molecule has 0 fully saturated rings. The fraction of sp³-hybridized carbons (Fsp3) is 0.235. The molecule has 0 aliphatic heterocycles. The first kappa shape index (κ1) is 17.2. The molecule has 0 N–H and O–H groups in total. The summed E-state index contributed by atoms with van der Waals surface area (Å²) in [6.45, 7) is 2.44. The number of amides is 1. The molecule has 0 saturated carbocycles. The highest BCUT2D eigenvalue weighted by Crippen LogP contribution is 2.26. The quantitative estimate of drug-likeness (QED) is 0.488. The summed E-state index contributed by atoms with van der Waals surface area (Å²) >= 11 is 8.88. The molecule has 0 radical (unpaired) electrons. The molecule has 0 bridgehead atoms. The molecule has 7 heteroatoms. The van der Waals surface area contributed by atoms with Crippen LogP contribution in [0.4, 0.5) is 0 Å². The Labute approximate surface area is 153 Å². The van der Waals surface area contributed by atoms with Crippen LogP contribution in [0.1, 0.15) is 10.7 Å². The van der Waals surface area contributed by atoms with E-state index in [1.54, 1.807) is 11.9 Å². The number of rotatable bonds is 5. The lowest BCUT2D eigenvalue weighted by atomic mass is 10.2. The zero-order valence-electron chi connectivity index (χ0n) is 13.3. The van der Waals surface area contributed by atoms with Gasteiger partial charge in [0, 0.05) is 17.3 Å². The Morgan fingerprint density at radius 3 is 2.79 bits per heavy atom. The van der Waals surface area contributed by atoms with E-state index in [-0.39, 0.29) is 5.91 Å². The number of hydrogen-bond acceptors (Lipinski definition) is 5. The van der Waals surface area contributed by atoms with Crippen molar-refractivity contribution in [3.63, 3.8) is 0 Å². The van der Waals surface area contributed by atoms with Crippen LogP contribution < -0.4 is 0 Å². The zero-order chi connectivity index (χ0) is 17.1. The Bertz CT molecular complexity index is 881. The van der Waals surface area contributed by atoms with E-state index in [2.05, 4.69) is 9.97 Å². The second-order valence-corrected chi connectivity index (χ2v) is 8.10. The van der Waals surface area contributed by atoms with E-state index in [4.69, 9.17) is 11.6 Å². The molecule has 0 aliphatic carbocycles. The van der Waals surface area contributed by atoms with Gasteiger partial charge in [0.2, 0.25) is 5.91 Å². The number of halogens is 1. The lowest BCUT2D eigenvalue weighted by molar-refractivity contribution is -0.127. The molecule has 0 saturated heterocycles. The van der Waals surface area contributed by atoms with Crippen molar-refractivity contribution >= 4 is 51.5 Å². The van der Waals surface area contributed by atoms with Gasteiger partial charge in [-0.25, -0.2) is 9.97 Å². The van der Waals surface area contributed by atoms with Gasteiger partial charge in [0.15, 0.2) is 0 Å². The standard InChI is InChI=1S/C17H16ClN3OS2/c1-11-19-14-6-4-3-5-13(14)17(20-11)23-10-16(22)21(2)9-12-7-8-15(18)24-12/h3-8H,9-10H2,1-2H3. The average Bonchev–Trinajstić information content (AvgIpc) is 2.97. The summed E-state index contributed by atoms with van der Waals surface area (Å²) in [5, 5.41) is 1.83. The minimum Gasteiger partial charge on any atom is -0.340 e. The van der Waals surface area contributed by atoms with Crippen LogP contribution in [0.15, 0.2) is 41.4 Å². The van der Waals surface area contributed by atoms with Gasteiger partial charge in [0.05, 0.1) is 22.2 Å². The van der Waals surface area contributed by atoms with Crippen molar-refractivity contribution in [3.8, 4) is 0 Å². The molecule has 2 heterocycles. The van der Waals surface area contributed by atoms with Gasteiger partial charge >= 0.3 is 0 Å². The molecule has 1 aromatic carbocycles. The predicted octanol–water partition coefficient (Wildman–Crippen LogP) is 4.40. The average molecular weight is 378 g/mol. The molecular formula is C17H16ClN3OS2. The van der Waals surface area contributed by atoms with E-state index in [1.165, 1.54) is 23.1 Å². The molecular weight excluding hydrogens is 362 g/mol. The van der Waals surface area contributed by atoms with Gasteiger partial charge in [-0.15, -0.1) is 11.3 Å². The van der Waals surface area contributed by atoms with Gasteiger partial charge in [-0.3, -0.25) is 4.79 Å². The third kappa shape index (κ3) is 4.06. The monoisotopic (exact) mass is 377 g/mol. The first-order valence-corrected chi connectivity index (χ1v) is 9.55. The van der Waals surface area contributed by atoms with E-state index < -0.39 is 0 Å². The van der Waals surface area contributed by atoms with Crippen molar-refractivity contribution in [3.05, 3.63) is 51.4 Å². The Hall–Kier alpha value is -1.63. The van der Waals surface area contributed by atoms with E-state index in [0.717, 1.165) is 25.1 Å². The normalized spacial score (nSPS) is 11.0. The number of hydrogen-bond donors (Lipinski definition) is 0. The Morgan fingerprint density at radius 1 is 1.25 bits per heavy atom. The molecule has 0 atom stereocenters. The van der Waals surface area contributed by atoms with Crippen molar-refractivity contribution in [2.45, 2.75) is 18.5 Å². The molecule has 3 aromatic rings. The number of fused-ring (bicyclic) bond motifs is 1. The van der Waals surface area contributed by atoms with Crippen LogP contribution >= 0.6 is 34.7 Å². The number of benzene rings is 1. The van der Waals surface area contributed by atoms with Crippen molar-refractivity contribution in [1.82, 2.24) is 14.9 Å². The van der Waals surface area contributed by atoms with Gasteiger partial charge in [0.25, 0.3) is 0 Å². The molecule has 3 rings (SSSR count). The van der Waals surface area contributed by atoms with E-state index in [1.807, 2.05) is 43.3 Å². The summed E-state index contributed by atoms with van der Waals surface area (Å²) in [6.07, 6.45) is 0. The third-order valence-electron chi connectivity index (χ3n) is 3.46. The smallest absolute Gasteiger partial charge is 0.233 e. The van der Waals surface area contributed by atoms with Crippen LogP contribution in [0.25, 0.3) is 10.9 Å². The molecule has 0 unspecified atom stereocenters. The number of carbonyl (C=O) groups excluding carboxylic acids is 1. The minimum atomic E-state index is 0.0601. The van der Waals surface area contributed by atoms with Gasteiger partial charge in [-0.05, 0) is 25.1 Å². The highest BCUT2D eigenvalue weighted by atomic mass is 35.5. The first-order chi connectivity index (χ1) is 11.5. The number of aryl methyl sites for hydroxylation is 1. The molecule has 24 heavy (non-hydrogen) atoms. The van der Waals surface area contributed by atoms with Crippen molar-refractivity contribution in [1.29, 1.82) is 0 Å². The molecule has 0 spiro atoms. The van der Waals surface area contributed by atoms with E-state index in [0.29, 0.717) is 18.1 Å². The predicted molar refractivity (Wildman–Crippen MR) is 101 cm³/mol. The van der Waals surface area contributed by atoms with Crippen LogP contribution in [0.3, 0.4) is 0 Å². The number of thioether (sulfide) groups is 1. The number of carbonyl (C=O) groups is 1. The summed E-state index contributed by atoms with van der Waals surface area (Å²) in [4.78, 5) is 24.1. The second-order valence-electron chi connectivity index (χ2n) is 5.34. The summed E-state index contributed by atoms with van der Waals surface area (Å²) in [6, 6.07) is 11.7. The van der Waals surface area contributed by atoms with Crippen LogP contribution in [0, 0.1) is 6.92 Å². The molecule has 1 amide bonds. The fourth-order valence-electron chi connectivity index (χ4n) is 2.27. The summed E-state index contributed by atoms with van der Waals surface area (Å²) < 4.78 is 0.739. The SMILES string of the molecule is Cc1nc(SCC(=O)N(C)Cc2ccc(Cl)s2)c2ccccc2n1. The van der Waals surface area contributed by atoms with E-state index in [9.17, 15) is 4.79 Å². The van der Waals surface area contributed by atoms with Crippen molar-refractivity contribution in [2.24, 2.45) is 0 Å².